The second-order valence-corrected chi connectivity index (χ2v) is 6.68. The zero-order valence-electron chi connectivity index (χ0n) is 13.8. The Hall–Kier alpha value is -2.84. The molecule has 0 fully saturated rings. The molecule has 0 aliphatic rings. The monoisotopic (exact) mass is 347 g/mol. The van der Waals surface area contributed by atoms with Gasteiger partial charge in [-0.15, -0.1) is 0 Å². The number of hydrogen-bond acceptors (Lipinski definition) is 3. The van der Waals surface area contributed by atoms with E-state index in [4.69, 9.17) is 6.57 Å². The summed E-state index contributed by atoms with van der Waals surface area (Å²) in [6, 6.07) is 18.0. The van der Waals surface area contributed by atoms with Crippen LogP contribution in [0.3, 0.4) is 0 Å². The summed E-state index contributed by atoms with van der Waals surface area (Å²) < 4.78 is 0. The molecule has 0 unspecified atom stereocenters. The van der Waals surface area contributed by atoms with Gasteiger partial charge >= 0.3 is 0 Å². The number of rotatable bonds is 5. The second-order valence-electron chi connectivity index (χ2n) is 5.72. The van der Waals surface area contributed by atoms with Gasteiger partial charge in [-0.1, -0.05) is 71.9 Å². The maximum atomic E-state index is 12.2. The van der Waals surface area contributed by atoms with Gasteiger partial charge in [0, 0.05) is 12.2 Å². The standard InChI is InChI=1S/C20H17N3OS/c1-14-7-6-10-16(11-14)13-25-20-22-17(18(21-2)19(24)23-20)12-15-8-4-3-5-9-15/h3-11H,12-13H2,1H3,(H,22,23,24). The van der Waals surface area contributed by atoms with Gasteiger partial charge in [-0.2, -0.15) is 0 Å². The van der Waals surface area contributed by atoms with Crippen LogP contribution in [0.15, 0.2) is 64.5 Å². The molecule has 0 atom stereocenters. The molecule has 0 aliphatic carbocycles. The summed E-state index contributed by atoms with van der Waals surface area (Å²) in [4.78, 5) is 22.8. The molecule has 1 heterocycles. The minimum absolute atomic E-state index is 0.0729. The predicted molar refractivity (Wildman–Crippen MR) is 101 cm³/mol. The summed E-state index contributed by atoms with van der Waals surface area (Å²) in [5, 5.41) is 0.546. The van der Waals surface area contributed by atoms with E-state index in [0.717, 1.165) is 5.56 Å². The fourth-order valence-corrected chi connectivity index (χ4v) is 3.36. The third-order valence-electron chi connectivity index (χ3n) is 3.73. The van der Waals surface area contributed by atoms with Gasteiger partial charge in [-0.25, -0.2) is 9.83 Å². The van der Waals surface area contributed by atoms with Crippen LogP contribution in [-0.4, -0.2) is 9.97 Å². The highest BCUT2D eigenvalue weighted by atomic mass is 32.2. The Kier molecular flexibility index (Phi) is 5.32. The quantitative estimate of drug-likeness (QED) is 0.420. The molecule has 0 radical (unpaired) electrons. The maximum absolute atomic E-state index is 12.2. The van der Waals surface area contributed by atoms with Gasteiger partial charge in [0.15, 0.2) is 5.16 Å². The van der Waals surface area contributed by atoms with E-state index in [2.05, 4.69) is 39.9 Å². The van der Waals surface area contributed by atoms with Crippen LogP contribution in [0.2, 0.25) is 0 Å². The van der Waals surface area contributed by atoms with Gasteiger partial charge in [0.25, 0.3) is 11.2 Å². The van der Waals surface area contributed by atoms with Crippen LogP contribution in [0, 0.1) is 13.5 Å². The predicted octanol–water partition coefficient (Wildman–Crippen LogP) is 4.51. The van der Waals surface area contributed by atoms with E-state index in [1.54, 1.807) is 0 Å². The molecule has 25 heavy (non-hydrogen) atoms. The summed E-state index contributed by atoms with van der Waals surface area (Å²) >= 11 is 1.47. The SMILES string of the molecule is [C-]#[N+]c1c(Cc2ccccc2)nc(SCc2cccc(C)c2)[nH]c1=O. The molecule has 5 heteroatoms. The first-order valence-electron chi connectivity index (χ1n) is 7.88. The third-order valence-corrected chi connectivity index (χ3v) is 4.67. The molecule has 4 nitrogen and oxygen atoms in total. The van der Waals surface area contributed by atoms with Crippen molar-refractivity contribution in [3.63, 3.8) is 0 Å². The lowest BCUT2D eigenvalue weighted by Crippen LogP contribution is -2.11. The van der Waals surface area contributed by atoms with Crippen LogP contribution in [0.5, 0.6) is 0 Å². The number of thioether (sulfide) groups is 1. The molecule has 1 aromatic heterocycles. The van der Waals surface area contributed by atoms with Gasteiger partial charge < -0.3 is 4.98 Å². The van der Waals surface area contributed by atoms with Gasteiger partial charge in [0.2, 0.25) is 0 Å². The molecule has 0 spiro atoms. The fraction of sp³-hybridized carbons (Fsp3) is 0.150. The summed E-state index contributed by atoms with van der Waals surface area (Å²) in [5.74, 6) is 0.715. The van der Waals surface area contributed by atoms with Crippen molar-refractivity contribution in [3.05, 3.63) is 98.8 Å². The smallest absolute Gasteiger partial charge is 0.271 e. The van der Waals surface area contributed by atoms with E-state index in [9.17, 15) is 4.79 Å². The van der Waals surface area contributed by atoms with Crippen LogP contribution in [0.25, 0.3) is 4.85 Å². The van der Waals surface area contributed by atoms with Crippen molar-refractivity contribution in [2.75, 3.05) is 0 Å². The number of aromatic amines is 1. The first kappa shape index (κ1) is 17.0. The van der Waals surface area contributed by atoms with Crippen LogP contribution in [0.1, 0.15) is 22.4 Å². The van der Waals surface area contributed by atoms with Crippen molar-refractivity contribution >= 4 is 17.4 Å². The van der Waals surface area contributed by atoms with Crippen molar-refractivity contribution in [1.82, 2.24) is 9.97 Å². The minimum Gasteiger partial charge on any atom is -0.311 e. The normalized spacial score (nSPS) is 10.4. The summed E-state index contributed by atoms with van der Waals surface area (Å²) in [5.41, 5.74) is 3.63. The number of benzene rings is 2. The van der Waals surface area contributed by atoms with Gasteiger partial charge in [0.1, 0.15) is 0 Å². The van der Waals surface area contributed by atoms with Gasteiger partial charge in [-0.05, 0) is 18.1 Å². The molecule has 0 saturated carbocycles. The molecule has 3 rings (SSSR count). The Labute approximate surface area is 150 Å². The molecule has 0 saturated heterocycles. The van der Waals surface area contributed by atoms with E-state index >= 15 is 0 Å². The Morgan fingerprint density at radius 2 is 1.88 bits per heavy atom. The number of nitrogens with zero attached hydrogens (tertiary/aromatic N) is 2. The minimum atomic E-state index is -0.373. The highest BCUT2D eigenvalue weighted by Gasteiger charge is 2.12. The van der Waals surface area contributed by atoms with Crippen molar-refractivity contribution in [1.29, 1.82) is 0 Å². The largest absolute Gasteiger partial charge is 0.311 e. The zero-order chi connectivity index (χ0) is 17.6. The number of aryl methyl sites for hydroxylation is 1. The van der Waals surface area contributed by atoms with E-state index in [-0.39, 0.29) is 11.2 Å². The number of H-pyrrole nitrogens is 1. The number of aromatic nitrogens is 2. The molecular formula is C20H17N3OS. The lowest BCUT2D eigenvalue weighted by atomic mass is 10.1. The highest BCUT2D eigenvalue weighted by molar-refractivity contribution is 7.98. The topological polar surface area (TPSA) is 50.1 Å². The Bertz CT molecular complexity index is 974. The summed E-state index contributed by atoms with van der Waals surface area (Å²) in [7, 11) is 0. The van der Waals surface area contributed by atoms with Crippen LogP contribution in [-0.2, 0) is 12.2 Å². The molecule has 0 bridgehead atoms. The van der Waals surface area contributed by atoms with E-state index in [1.165, 1.54) is 22.9 Å². The van der Waals surface area contributed by atoms with Crippen LogP contribution < -0.4 is 5.56 Å². The Balaban J connectivity index is 1.85. The Morgan fingerprint density at radius 3 is 2.60 bits per heavy atom. The average molecular weight is 347 g/mol. The van der Waals surface area contributed by atoms with Crippen molar-refractivity contribution in [2.45, 2.75) is 24.3 Å². The molecule has 3 aromatic rings. The Morgan fingerprint density at radius 1 is 1.12 bits per heavy atom. The molecule has 0 aliphatic heterocycles. The van der Waals surface area contributed by atoms with Gasteiger partial charge in [0.05, 0.1) is 12.3 Å². The van der Waals surface area contributed by atoms with E-state index in [0.29, 0.717) is 23.0 Å². The number of nitrogens with one attached hydrogen (secondary N) is 1. The first-order valence-corrected chi connectivity index (χ1v) is 8.87. The fourth-order valence-electron chi connectivity index (χ4n) is 2.54. The molecule has 124 valence electrons. The van der Waals surface area contributed by atoms with Crippen LogP contribution in [0.4, 0.5) is 5.69 Å². The van der Waals surface area contributed by atoms with E-state index in [1.807, 2.05) is 36.4 Å². The van der Waals surface area contributed by atoms with Crippen molar-refractivity contribution in [2.24, 2.45) is 0 Å². The average Bonchev–Trinajstić information content (AvgIpc) is 2.61. The lowest BCUT2D eigenvalue weighted by molar-refractivity contribution is 0.888. The maximum Gasteiger partial charge on any atom is 0.271 e. The van der Waals surface area contributed by atoms with E-state index < -0.39 is 0 Å². The van der Waals surface area contributed by atoms with Gasteiger partial charge in [-0.3, -0.25) is 4.79 Å². The third kappa shape index (κ3) is 4.37. The summed E-state index contributed by atoms with van der Waals surface area (Å²) in [6.07, 6.45) is 0.473. The second kappa shape index (κ2) is 7.82. The highest BCUT2D eigenvalue weighted by Crippen LogP contribution is 2.23. The molecule has 1 N–H and O–H groups in total. The van der Waals surface area contributed by atoms with Crippen molar-refractivity contribution in [3.8, 4) is 0 Å². The molecule has 2 aromatic carbocycles. The lowest BCUT2D eigenvalue weighted by Gasteiger charge is -2.07. The first-order chi connectivity index (χ1) is 12.2. The molecular weight excluding hydrogens is 330 g/mol. The van der Waals surface area contributed by atoms with Crippen LogP contribution >= 0.6 is 11.8 Å². The van der Waals surface area contributed by atoms with Crippen molar-refractivity contribution < 1.29 is 0 Å². The number of hydrogen-bond donors (Lipinski definition) is 1. The summed E-state index contributed by atoms with van der Waals surface area (Å²) in [6.45, 7) is 9.33. The zero-order valence-corrected chi connectivity index (χ0v) is 14.6. The molecule has 0 amide bonds.